The number of carbonyl (C=O) groups excluding carboxylic acids is 2. The van der Waals surface area contributed by atoms with Crippen molar-refractivity contribution in [2.24, 2.45) is 0 Å². The van der Waals surface area contributed by atoms with E-state index < -0.39 is 9.84 Å². The minimum Gasteiger partial charge on any atom is -0.352 e. The Morgan fingerprint density at radius 2 is 1.83 bits per heavy atom. The molecule has 0 aromatic heterocycles. The third-order valence-corrected chi connectivity index (χ3v) is 7.12. The molecule has 30 heavy (non-hydrogen) atoms. The molecular weight excluding hydrogens is 400 g/mol. The molecule has 1 atom stereocenters. The molecular formula is C23H28N2O4S. The first-order valence-electron chi connectivity index (χ1n) is 10.2. The summed E-state index contributed by atoms with van der Waals surface area (Å²) in [5.41, 5.74) is 3.75. The predicted octanol–water partition coefficient (Wildman–Crippen LogP) is 3.16. The standard InChI is InChI=1S/C23H28N2O4S/c1-4-23(27)25-17(3)13-19-14-20(9-10-21(19)25)30(28,29)12-11-22(26)24-15-18-7-5-16(2)6-8-18/h5-10,14,17H,4,11-13,15H2,1-3H3,(H,24,26). The van der Waals surface area contributed by atoms with Crippen LogP contribution in [0, 0.1) is 6.92 Å². The Morgan fingerprint density at radius 3 is 2.50 bits per heavy atom. The summed E-state index contributed by atoms with van der Waals surface area (Å²) in [6.07, 6.45) is 0.936. The number of fused-ring (bicyclic) bond motifs is 1. The molecule has 0 aliphatic carbocycles. The van der Waals surface area contributed by atoms with Crippen LogP contribution < -0.4 is 10.2 Å². The predicted molar refractivity (Wildman–Crippen MR) is 117 cm³/mol. The summed E-state index contributed by atoms with van der Waals surface area (Å²) in [5, 5.41) is 2.77. The van der Waals surface area contributed by atoms with Crippen LogP contribution in [0.2, 0.25) is 0 Å². The van der Waals surface area contributed by atoms with E-state index in [1.165, 1.54) is 6.07 Å². The maximum atomic E-state index is 12.7. The fourth-order valence-electron chi connectivity index (χ4n) is 3.69. The van der Waals surface area contributed by atoms with Gasteiger partial charge in [0.2, 0.25) is 11.8 Å². The van der Waals surface area contributed by atoms with Gasteiger partial charge in [-0.25, -0.2) is 8.42 Å². The Morgan fingerprint density at radius 1 is 1.13 bits per heavy atom. The SMILES string of the molecule is CCC(=O)N1c2ccc(S(=O)(=O)CCC(=O)NCc3ccc(C)cc3)cc2CC1C. The number of rotatable bonds is 7. The normalized spacial score (nSPS) is 15.7. The van der Waals surface area contributed by atoms with E-state index in [0.717, 1.165) is 22.4 Å². The lowest BCUT2D eigenvalue weighted by Gasteiger charge is -2.22. The van der Waals surface area contributed by atoms with E-state index in [4.69, 9.17) is 0 Å². The van der Waals surface area contributed by atoms with E-state index in [0.29, 0.717) is 19.4 Å². The highest BCUT2D eigenvalue weighted by molar-refractivity contribution is 7.91. The second-order valence-corrected chi connectivity index (χ2v) is 9.90. The molecule has 0 spiro atoms. The molecule has 1 heterocycles. The second-order valence-electron chi connectivity index (χ2n) is 7.79. The maximum absolute atomic E-state index is 12.7. The molecule has 2 amide bonds. The molecule has 2 aromatic carbocycles. The number of sulfone groups is 1. The minimum atomic E-state index is -3.59. The summed E-state index contributed by atoms with van der Waals surface area (Å²) in [6.45, 7) is 6.14. The topological polar surface area (TPSA) is 83.6 Å². The van der Waals surface area contributed by atoms with Crippen molar-refractivity contribution in [3.05, 3.63) is 59.2 Å². The molecule has 0 bridgehead atoms. The van der Waals surface area contributed by atoms with Crippen molar-refractivity contribution in [1.29, 1.82) is 0 Å². The van der Waals surface area contributed by atoms with Gasteiger partial charge in [-0.2, -0.15) is 0 Å². The van der Waals surface area contributed by atoms with Gasteiger partial charge in [0.1, 0.15) is 0 Å². The van der Waals surface area contributed by atoms with Crippen LogP contribution in [0.4, 0.5) is 5.69 Å². The van der Waals surface area contributed by atoms with Gasteiger partial charge in [0.15, 0.2) is 9.84 Å². The first-order valence-corrected chi connectivity index (χ1v) is 11.9. The highest BCUT2D eigenvalue weighted by Crippen LogP contribution is 2.34. The summed E-state index contributed by atoms with van der Waals surface area (Å²) in [7, 11) is -3.59. The van der Waals surface area contributed by atoms with E-state index in [1.807, 2.05) is 45.0 Å². The van der Waals surface area contributed by atoms with Crippen molar-refractivity contribution < 1.29 is 18.0 Å². The number of aryl methyl sites for hydroxylation is 1. The van der Waals surface area contributed by atoms with Gasteiger partial charge >= 0.3 is 0 Å². The minimum absolute atomic E-state index is 0.0120. The third-order valence-electron chi connectivity index (χ3n) is 5.40. The Kier molecular flexibility index (Phi) is 6.61. The van der Waals surface area contributed by atoms with Gasteiger partial charge in [-0.1, -0.05) is 36.8 Å². The quantitative estimate of drug-likeness (QED) is 0.734. The monoisotopic (exact) mass is 428 g/mol. The van der Waals surface area contributed by atoms with Gasteiger partial charge in [-0.3, -0.25) is 9.59 Å². The van der Waals surface area contributed by atoms with Gasteiger partial charge in [-0.15, -0.1) is 0 Å². The molecule has 1 aliphatic rings. The number of hydrogen-bond acceptors (Lipinski definition) is 4. The van der Waals surface area contributed by atoms with Crippen LogP contribution in [0.25, 0.3) is 0 Å². The molecule has 1 aliphatic heterocycles. The molecule has 1 unspecified atom stereocenters. The maximum Gasteiger partial charge on any atom is 0.226 e. The summed E-state index contributed by atoms with van der Waals surface area (Å²) < 4.78 is 25.5. The van der Waals surface area contributed by atoms with Gasteiger partial charge < -0.3 is 10.2 Å². The first kappa shape index (κ1) is 22.0. The van der Waals surface area contributed by atoms with Crippen molar-refractivity contribution in [1.82, 2.24) is 5.32 Å². The lowest BCUT2D eigenvalue weighted by atomic mass is 10.1. The number of anilines is 1. The molecule has 3 rings (SSSR count). The fraction of sp³-hybridized carbons (Fsp3) is 0.391. The first-order chi connectivity index (χ1) is 14.2. The summed E-state index contributed by atoms with van der Waals surface area (Å²) in [5.74, 6) is -0.519. The summed E-state index contributed by atoms with van der Waals surface area (Å²) >= 11 is 0. The van der Waals surface area contributed by atoms with Crippen LogP contribution >= 0.6 is 0 Å². The van der Waals surface area contributed by atoms with Crippen LogP contribution in [0.1, 0.15) is 43.4 Å². The van der Waals surface area contributed by atoms with Crippen molar-refractivity contribution in [3.63, 3.8) is 0 Å². The number of nitrogens with one attached hydrogen (secondary N) is 1. The van der Waals surface area contributed by atoms with Gasteiger partial charge in [0.25, 0.3) is 0 Å². The number of benzene rings is 2. The molecule has 0 saturated heterocycles. The Labute approximate surface area is 178 Å². The lowest BCUT2D eigenvalue weighted by molar-refractivity contribution is -0.121. The zero-order chi connectivity index (χ0) is 21.9. The molecule has 7 heteroatoms. The van der Waals surface area contributed by atoms with E-state index in [-0.39, 0.29) is 34.9 Å². The van der Waals surface area contributed by atoms with E-state index in [9.17, 15) is 18.0 Å². The second kappa shape index (κ2) is 9.00. The zero-order valence-corrected chi connectivity index (χ0v) is 18.5. The number of nitrogens with zero attached hydrogens (tertiary/aromatic N) is 1. The zero-order valence-electron chi connectivity index (χ0n) is 17.6. The number of amides is 2. The molecule has 160 valence electrons. The van der Waals surface area contributed by atoms with Crippen molar-refractivity contribution in [2.45, 2.75) is 57.5 Å². The average molecular weight is 429 g/mol. The Bertz CT molecular complexity index is 1050. The van der Waals surface area contributed by atoms with Crippen LogP contribution in [0.3, 0.4) is 0 Å². The van der Waals surface area contributed by atoms with E-state index in [2.05, 4.69) is 5.32 Å². The molecule has 2 aromatic rings. The van der Waals surface area contributed by atoms with Gasteiger partial charge in [0.05, 0.1) is 10.6 Å². The van der Waals surface area contributed by atoms with Crippen LogP contribution in [-0.2, 0) is 32.4 Å². The highest BCUT2D eigenvalue weighted by atomic mass is 32.2. The molecule has 0 fully saturated rings. The van der Waals surface area contributed by atoms with Gasteiger partial charge in [-0.05, 0) is 49.6 Å². The van der Waals surface area contributed by atoms with Crippen LogP contribution in [-0.4, -0.2) is 32.0 Å². The third kappa shape index (κ3) is 4.90. The molecule has 1 N–H and O–H groups in total. The molecule has 6 nitrogen and oxygen atoms in total. The smallest absolute Gasteiger partial charge is 0.226 e. The lowest BCUT2D eigenvalue weighted by Crippen LogP contribution is -2.35. The number of carbonyl (C=O) groups is 2. The van der Waals surface area contributed by atoms with Crippen LogP contribution in [0.15, 0.2) is 47.4 Å². The number of hydrogen-bond donors (Lipinski definition) is 1. The Hall–Kier alpha value is -2.67. The fourth-order valence-corrected chi connectivity index (χ4v) is 4.98. The Balaban J connectivity index is 1.62. The highest BCUT2D eigenvalue weighted by Gasteiger charge is 2.31. The van der Waals surface area contributed by atoms with Crippen molar-refractivity contribution >= 4 is 27.3 Å². The summed E-state index contributed by atoms with van der Waals surface area (Å²) in [4.78, 5) is 26.3. The summed E-state index contributed by atoms with van der Waals surface area (Å²) in [6, 6.07) is 12.7. The molecule has 0 radical (unpaired) electrons. The average Bonchev–Trinajstić information content (AvgIpc) is 3.06. The van der Waals surface area contributed by atoms with Crippen molar-refractivity contribution in [3.8, 4) is 0 Å². The van der Waals surface area contributed by atoms with Crippen LogP contribution in [0.5, 0.6) is 0 Å². The largest absolute Gasteiger partial charge is 0.352 e. The molecule has 0 saturated carbocycles. The van der Waals surface area contributed by atoms with E-state index in [1.54, 1.807) is 17.0 Å². The van der Waals surface area contributed by atoms with Gasteiger partial charge in [0, 0.05) is 31.1 Å². The van der Waals surface area contributed by atoms with E-state index >= 15 is 0 Å². The van der Waals surface area contributed by atoms with Crippen molar-refractivity contribution in [2.75, 3.05) is 10.7 Å².